The molecule has 0 aliphatic heterocycles. The molecule has 3 rings (SSSR count). The van der Waals surface area contributed by atoms with Gasteiger partial charge in [-0.1, -0.05) is 0 Å². The zero-order valence-corrected chi connectivity index (χ0v) is 30.8. The lowest BCUT2D eigenvalue weighted by Gasteiger charge is -2.30. The van der Waals surface area contributed by atoms with Crippen molar-refractivity contribution in [1.82, 2.24) is 19.0 Å². The van der Waals surface area contributed by atoms with Gasteiger partial charge < -0.3 is 45.4 Å². The van der Waals surface area contributed by atoms with Gasteiger partial charge in [0.05, 0.1) is 18.8 Å². The van der Waals surface area contributed by atoms with E-state index in [0.29, 0.717) is 6.42 Å². The average molecular weight is 673 g/mol. The molecule has 0 radical (unpaired) electrons. The van der Waals surface area contributed by atoms with Crippen LogP contribution in [0.25, 0.3) is 0 Å². The van der Waals surface area contributed by atoms with E-state index in [0.717, 1.165) is 51.7 Å². The minimum Gasteiger partial charge on any atom is -0.463 e. The van der Waals surface area contributed by atoms with Gasteiger partial charge >= 0.3 is 5.97 Å². The van der Waals surface area contributed by atoms with Crippen LogP contribution >= 0.6 is 0 Å². The second kappa shape index (κ2) is 20.9. The van der Waals surface area contributed by atoms with Crippen LogP contribution in [0, 0.1) is 0 Å². The summed E-state index contributed by atoms with van der Waals surface area (Å²) in [7, 11) is 0. The normalized spacial score (nSPS) is 14.7. The van der Waals surface area contributed by atoms with Crippen molar-refractivity contribution in [3.05, 3.63) is 72.1 Å². The third kappa shape index (κ3) is 16.1. The Hall–Kier alpha value is -3.38. The van der Waals surface area contributed by atoms with Gasteiger partial charge in [0.25, 0.3) is 0 Å². The quantitative estimate of drug-likeness (QED) is 0.134. The van der Waals surface area contributed by atoms with E-state index in [9.17, 15) is 9.59 Å². The van der Waals surface area contributed by atoms with E-state index in [-0.39, 0.29) is 31.7 Å². The molecule has 0 aliphatic carbocycles. The predicted octanol–water partition coefficient (Wildman–Crippen LogP) is 4.20. The van der Waals surface area contributed by atoms with Crippen molar-refractivity contribution in [2.75, 3.05) is 19.8 Å². The van der Waals surface area contributed by atoms with Gasteiger partial charge in [-0.15, -0.1) is 0 Å². The first-order valence-corrected chi connectivity index (χ1v) is 17.2. The monoisotopic (exact) mass is 672 g/mol. The fraction of sp³-hybridized carbons (Fsp3) is 0.622. The van der Waals surface area contributed by atoms with Gasteiger partial charge in [0.1, 0.15) is 6.61 Å². The maximum absolute atomic E-state index is 11.3. The van der Waals surface area contributed by atoms with Gasteiger partial charge in [0, 0.05) is 80.2 Å². The summed E-state index contributed by atoms with van der Waals surface area (Å²) >= 11 is 0. The molecule has 0 fully saturated rings. The highest BCUT2D eigenvalue weighted by Crippen LogP contribution is 2.17. The van der Waals surface area contributed by atoms with Crippen molar-refractivity contribution >= 4 is 11.9 Å². The molecule has 7 N–H and O–H groups in total. The fourth-order valence-electron chi connectivity index (χ4n) is 5.20. The maximum Gasteiger partial charge on any atom is 0.302 e. The number of nitrogens with zero attached hydrogens (tertiary/aromatic N) is 3. The standard InChI is InChI=1S/C15H24N2O3.2C11H20N2O/c1-5-17-10-6-7-14(17)8-9-15(4,16-12(2)18)11-20-13(3)19;2*1-3-13-8-4-5-10(13)6-7-11(2,12)9-14/h6-7,10H,5,8-9,11H2,1-4H3,(H,16,18);2*4-5,8,14H,3,6-7,9,12H2,1-2H3/t15-;;/m1../s1. The number of aromatic nitrogens is 3. The van der Waals surface area contributed by atoms with Crippen molar-refractivity contribution in [1.29, 1.82) is 0 Å². The van der Waals surface area contributed by atoms with Crippen molar-refractivity contribution in [3.63, 3.8) is 0 Å². The van der Waals surface area contributed by atoms with Gasteiger partial charge in [-0.2, -0.15) is 0 Å². The third-order valence-corrected chi connectivity index (χ3v) is 8.42. The van der Waals surface area contributed by atoms with Crippen LogP contribution < -0.4 is 16.8 Å². The number of hydrogen-bond acceptors (Lipinski definition) is 7. The van der Waals surface area contributed by atoms with Crippen LogP contribution in [0.4, 0.5) is 0 Å². The summed E-state index contributed by atoms with van der Waals surface area (Å²) in [6, 6.07) is 12.4. The molecule has 1 amide bonds. The number of nitrogens with one attached hydrogen (secondary N) is 1. The first-order valence-electron chi connectivity index (χ1n) is 17.2. The summed E-state index contributed by atoms with van der Waals surface area (Å²) in [6.07, 6.45) is 11.2. The third-order valence-electron chi connectivity index (χ3n) is 8.42. The number of esters is 1. The second-order valence-corrected chi connectivity index (χ2v) is 13.5. The van der Waals surface area contributed by atoms with Crippen LogP contribution in [-0.2, 0) is 53.2 Å². The molecule has 0 bridgehead atoms. The smallest absolute Gasteiger partial charge is 0.302 e. The summed E-state index contributed by atoms with van der Waals surface area (Å²) in [5, 5.41) is 20.9. The molecule has 3 atom stereocenters. The number of aliphatic hydroxyl groups excluding tert-OH is 2. The first-order chi connectivity index (χ1) is 22.5. The minimum atomic E-state index is -0.541. The molecule has 272 valence electrons. The Morgan fingerprint density at radius 3 is 1.35 bits per heavy atom. The number of carbonyl (C=O) groups excluding carboxylic acids is 2. The Bertz CT molecular complexity index is 1280. The van der Waals surface area contributed by atoms with Gasteiger partial charge in [-0.05, 0) is 116 Å². The average Bonchev–Trinajstić information content (AvgIpc) is 3.82. The van der Waals surface area contributed by atoms with E-state index in [2.05, 4.69) is 70.4 Å². The Labute approximate surface area is 288 Å². The number of nitrogens with two attached hydrogens (primary N) is 2. The maximum atomic E-state index is 11.3. The number of ether oxygens (including phenoxy) is 1. The summed E-state index contributed by atoms with van der Waals surface area (Å²) in [5.74, 6) is -0.455. The van der Waals surface area contributed by atoms with Crippen LogP contribution in [0.2, 0.25) is 0 Å². The van der Waals surface area contributed by atoms with Crippen LogP contribution in [0.15, 0.2) is 55.0 Å². The highest BCUT2D eigenvalue weighted by atomic mass is 16.5. The van der Waals surface area contributed by atoms with Crippen molar-refractivity contribution in [2.24, 2.45) is 11.5 Å². The van der Waals surface area contributed by atoms with E-state index in [1.165, 1.54) is 30.9 Å². The number of hydrogen-bond donors (Lipinski definition) is 5. The molecule has 0 aromatic carbocycles. The molecule has 0 spiro atoms. The van der Waals surface area contributed by atoms with E-state index < -0.39 is 16.6 Å². The number of aryl methyl sites for hydroxylation is 6. The lowest BCUT2D eigenvalue weighted by atomic mass is 9.95. The van der Waals surface area contributed by atoms with Crippen molar-refractivity contribution < 1.29 is 24.5 Å². The SMILES string of the molecule is CCn1cccc1CCC(C)(N)CO.CCn1cccc1CCC(C)(N)CO.CCn1cccc1CC[C@](C)(COC(C)=O)NC(C)=O. The Morgan fingerprint density at radius 2 is 1.06 bits per heavy atom. The number of aliphatic hydroxyl groups is 2. The molecule has 0 saturated carbocycles. The Morgan fingerprint density at radius 1 is 0.708 bits per heavy atom. The molecule has 3 heterocycles. The van der Waals surface area contributed by atoms with Crippen LogP contribution in [0.3, 0.4) is 0 Å². The van der Waals surface area contributed by atoms with E-state index in [1.54, 1.807) is 0 Å². The van der Waals surface area contributed by atoms with Gasteiger partial charge in [0.2, 0.25) is 5.91 Å². The van der Waals surface area contributed by atoms with E-state index >= 15 is 0 Å². The van der Waals surface area contributed by atoms with E-state index in [4.69, 9.17) is 26.4 Å². The zero-order chi connectivity index (χ0) is 36.4. The second-order valence-electron chi connectivity index (χ2n) is 13.5. The Balaban J connectivity index is 0.000000369. The highest BCUT2D eigenvalue weighted by molar-refractivity contribution is 5.74. The van der Waals surface area contributed by atoms with Gasteiger partial charge in [-0.3, -0.25) is 9.59 Å². The number of amides is 1. The molecule has 0 aliphatic rings. The largest absolute Gasteiger partial charge is 0.463 e. The summed E-state index contributed by atoms with van der Waals surface area (Å²) in [4.78, 5) is 22.3. The molecule has 11 heteroatoms. The molecule has 0 saturated heterocycles. The Kier molecular flexibility index (Phi) is 18.5. The molecule has 3 aromatic rings. The van der Waals surface area contributed by atoms with E-state index in [1.807, 2.05) is 45.2 Å². The molecular formula is C37H64N6O5. The van der Waals surface area contributed by atoms with Crippen molar-refractivity contribution in [3.8, 4) is 0 Å². The molecular weight excluding hydrogens is 608 g/mol. The lowest BCUT2D eigenvalue weighted by molar-refractivity contribution is -0.144. The van der Waals surface area contributed by atoms with Crippen LogP contribution in [0.5, 0.6) is 0 Å². The molecule has 2 unspecified atom stereocenters. The lowest BCUT2D eigenvalue weighted by Crippen LogP contribution is -2.49. The van der Waals surface area contributed by atoms with Crippen molar-refractivity contribution in [2.45, 2.75) is 130 Å². The number of carbonyl (C=O) groups is 2. The van der Waals surface area contributed by atoms with Gasteiger partial charge in [-0.25, -0.2) is 0 Å². The summed E-state index contributed by atoms with van der Waals surface area (Å²) in [6.45, 7) is 18.0. The minimum absolute atomic E-state index is 0.0415. The van der Waals surface area contributed by atoms with Crippen LogP contribution in [-0.4, -0.2) is 72.2 Å². The molecule has 11 nitrogen and oxygen atoms in total. The predicted molar refractivity (Wildman–Crippen MR) is 193 cm³/mol. The van der Waals surface area contributed by atoms with Gasteiger partial charge in [0.15, 0.2) is 0 Å². The molecule has 3 aromatic heterocycles. The highest BCUT2D eigenvalue weighted by Gasteiger charge is 2.27. The fourth-order valence-corrected chi connectivity index (χ4v) is 5.20. The zero-order valence-electron chi connectivity index (χ0n) is 30.8. The summed E-state index contributed by atoms with van der Waals surface area (Å²) in [5.41, 5.74) is 14.1. The number of rotatable bonds is 17. The molecule has 48 heavy (non-hydrogen) atoms. The first kappa shape index (κ1) is 42.6. The van der Waals surface area contributed by atoms with Crippen LogP contribution in [0.1, 0.15) is 91.7 Å². The summed E-state index contributed by atoms with van der Waals surface area (Å²) < 4.78 is 11.6. The topological polar surface area (TPSA) is 163 Å².